The van der Waals surface area contributed by atoms with Crippen LogP contribution in [0.2, 0.25) is 0 Å². The largest absolute Gasteiger partial charge is 0.481 e. The van der Waals surface area contributed by atoms with Gasteiger partial charge in [-0.1, -0.05) is 95.0 Å². The van der Waals surface area contributed by atoms with E-state index in [-0.39, 0.29) is 0 Å². The fraction of sp³-hybridized carbons (Fsp3) is 0.600. The molecule has 0 atom stereocenters. The summed E-state index contributed by atoms with van der Waals surface area (Å²) >= 11 is 0. The molecule has 1 aromatic heterocycles. The molecule has 1 aliphatic carbocycles. The Morgan fingerprint density at radius 1 is 0.879 bits per heavy atom. The van der Waals surface area contributed by atoms with Gasteiger partial charge in [0.2, 0.25) is 0 Å². The van der Waals surface area contributed by atoms with E-state index in [1.807, 2.05) is 0 Å². The average molecular weight is 450 g/mol. The topological polar surface area (TPSA) is 50.2 Å². The van der Waals surface area contributed by atoms with Crippen LogP contribution in [0.4, 0.5) is 0 Å². The normalized spacial score (nSPS) is 15.1. The van der Waals surface area contributed by atoms with Crippen molar-refractivity contribution in [1.82, 2.24) is 4.98 Å². The second kappa shape index (κ2) is 13.5. The Balaban J connectivity index is 1.53. The molecule has 3 rings (SSSR count). The van der Waals surface area contributed by atoms with Crippen molar-refractivity contribution in [3.8, 4) is 11.3 Å². The number of nitrogens with zero attached hydrogens (tertiary/aromatic N) is 1. The number of aliphatic carboxylic acids is 1. The van der Waals surface area contributed by atoms with E-state index in [1.54, 1.807) is 0 Å². The fourth-order valence-corrected chi connectivity index (χ4v) is 5.50. The van der Waals surface area contributed by atoms with Crippen LogP contribution in [-0.2, 0) is 16.6 Å². The highest BCUT2D eigenvalue weighted by Gasteiger charge is 2.34. The molecule has 1 N–H and O–H groups in total. The molecule has 180 valence electrons. The lowest BCUT2D eigenvalue weighted by molar-refractivity contribution is -0.137. The summed E-state index contributed by atoms with van der Waals surface area (Å²) in [4.78, 5) is 15.4. The van der Waals surface area contributed by atoms with Crippen LogP contribution in [0.25, 0.3) is 11.3 Å². The van der Waals surface area contributed by atoms with Crippen molar-refractivity contribution in [2.24, 2.45) is 0 Å². The number of carbonyl (C=O) groups is 1. The Labute approximate surface area is 201 Å². The van der Waals surface area contributed by atoms with Crippen molar-refractivity contribution in [1.29, 1.82) is 0 Å². The third-order valence-corrected chi connectivity index (χ3v) is 7.54. The molecule has 33 heavy (non-hydrogen) atoms. The Hall–Kier alpha value is -2.16. The quantitative estimate of drug-likeness (QED) is 0.277. The molecule has 3 nitrogen and oxygen atoms in total. The second-order valence-electron chi connectivity index (χ2n) is 10.1. The van der Waals surface area contributed by atoms with Gasteiger partial charge in [-0.3, -0.25) is 9.78 Å². The van der Waals surface area contributed by atoms with Crippen molar-refractivity contribution in [3.05, 3.63) is 53.7 Å². The number of benzene rings is 1. The van der Waals surface area contributed by atoms with Crippen LogP contribution in [0.1, 0.15) is 114 Å². The predicted molar refractivity (Wildman–Crippen MR) is 138 cm³/mol. The first-order valence-corrected chi connectivity index (χ1v) is 13.4. The van der Waals surface area contributed by atoms with Crippen molar-refractivity contribution in [3.63, 3.8) is 0 Å². The van der Waals surface area contributed by atoms with Gasteiger partial charge in [-0.15, -0.1) is 0 Å². The number of carboxylic acid groups (broad SMARTS) is 1. The van der Waals surface area contributed by atoms with E-state index in [1.165, 1.54) is 87.3 Å². The van der Waals surface area contributed by atoms with E-state index in [0.717, 1.165) is 31.4 Å². The highest BCUT2D eigenvalue weighted by atomic mass is 16.4. The third kappa shape index (κ3) is 7.98. The maximum atomic E-state index is 10.7. The summed E-state index contributed by atoms with van der Waals surface area (Å²) in [7, 11) is 0. The van der Waals surface area contributed by atoms with Crippen LogP contribution in [0.3, 0.4) is 0 Å². The van der Waals surface area contributed by atoms with Gasteiger partial charge in [-0.2, -0.15) is 0 Å². The van der Waals surface area contributed by atoms with Crippen molar-refractivity contribution in [2.45, 2.75) is 115 Å². The number of rotatable bonds is 15. The third-order valence-electron chi connectivity index (χ3n) is 7.54. The number of unbranched alkanes of at least 4 members (excludes halogenated alkanes) is 7. The minimum Gasteiger partial charge on any atom is -0.481 e. The zero-order chi connectivity index (χ0) is 23.4. The standard InChI is InChI=1S/C30H43NO2/c1-2-3-4-5-8-13-25-15-20-28(31-24-25)26-16-18-27(19-17-26)30(22-11-12-23-30)21-10-7-6-9-14-29(32)33/h15-20,24H,2-14,21-23H2,1H3,(H,32,33). The zero-order valence-corrected chi connectivity index (χ0v) is 20.7. The number of carboxylic acids is 1. The highest BCUT2D eigenvalue weighted by molar-refractivity contribution is 5.66. The molecule has 0 saturated heterocycles. The molecular weight excluding hydrogens is 406 g/mol. The van der Waals surface area contributed by atoms with Gasteiger partial charge in [0.25, 0.3) is 0 Å². The van der Waals surface area contributed by atoms with Crippen LogP contribution in [0.5, 0.6) is 0 Å². The maximum absolute atomic E-state index is 10.7. The average Bonchev–Trinajstić information content (AvgIpc) is 3.32. The Kier molecular flexibility index (Phi) is 10.4. The molecule has 0 bridgehead atoms. The van der Waals surface area contributed by atoms with Crippen LogP contribution in [0.15, 0.2) is 42.6 Å². The highest BCUT2D eigenvalue weighted by Crippen LogP contribution is 2.45. The maximum Gasteiger partial charge on any atom is 0.303 e. The molecule has 1 fully saturated rings. The van der Waals surface area contributed by atoms with E-state index in [4.69, 9.17) is 10.1 Å². The number of hydrogen-bond donors (Lipinski definition) is 1. The Morgan fingerprint density at radius 2 is 1.58 bits per heavy atom. The van der Waals surface area contributed by atoms with Gasteiger partial charge in [0.1, 0.15) is 0 Å². The lowest BCUT2D eigenvalue weighted by Gasteiger charge is -2.30. The van der Waals surface area contributed by atoms with Crippen LogP contribution in [0, 0.1) is 0 Å². The number of hydrogen-bond acceptors (Lipinski definition) is 2. The molecule has 1 saturated carbocycles. The molecule has 0 unspecified atom stereocenters. The number of pyridine rings is 1. The summed E-state index contributed by atoms with van der Waals surface area (Å²) in [5.41, 5.74) is 5.42. The summed E-state index contributed by atoms with van der Waals surface area (Å²) in [5.74, 6) is -0.672. The van der Waals surface area contributed by atoms with Gasteiger partial charge in [0, 0.05) is 18.2 Å². The molecule has 1 heterocycles. The minimum atomic E-state index is -0.672. The summed E-state index contributed by atoms with van der Waals surface area (Å²) < 4.78 is 0. The van der Waals surface area contributed by atoms with Crippen molar-refractivity contribution in [2.75, 3.05) is 0 Å². The molecule has 0 amide bonds. The molecule has 0 spiro atoms. The first-order valence-electron chi connectivity index (χ1n) is 13.4. The Morgan fingerprint density at radius 3 is 2.24 bits per heavy atom. The molecule has 1 aliphatic rings. The summed E-state index contributed by atoms with van der Waals surface area (Å²) in [6, 6.07) is 13.6. The number of aryl methyl sites for hydroxylation is 1. The molecule has 0 aliphatic heterocycles. The molecule has 2 aromatic rings. The Bertz CT molecular complexity index is 819. The van der Waals surface area contributed by atoms with E-state index in [9.17, 15) is 4.79 Å². The lowest BCUT2D eigenvalue weighted by atomic mass is 9.74. The molecule has 1 aromatic carbocycles. The van der Waals surface area contributed by atoms with Crippen LogP contribution >= 0.6 is 0 Å². The van der Waals surface area contributed by atoms with Gasteiger partial charge < -0.3 is 5.11 Å². The SMILES string of the molecule is CCCCCCCc1ccc(-c2ccc(C3(CCCCCCC(=O)O)CCCC3)cc2)nc1. The molecule has 3 heteroatoms. The lowest BCUT2D eigenvalue weighted by Crippen LogP contribution is -2.21. The summed E-state index contributed by atoms with van der Waals surface area (Å²) in [6.45, 7) is 2.26. The first kappa shape index (κ1) is 25.5. The molecular formula is C30H43NO2. The van der Waals surface area contributed by atoms with Gasteiger partial charge in [0.15, 0.2) is 0 Å². The van der Waals surface area contributed by atoms with Gasteiger partial charge >= 0.3 is 5.97 Å². The second-order valence-corrected chi connectivity index (χ2v) is 10.1. The van der Waals surface area contributed by atoms with Gasteiger partial charge in [0.05, 0.1) is 5.69 Å². The van der Waals surface area contributed by atoms with Crippen LogP contribution < -0.4 is 0 Å². The van der Waals surface area contributed by atoms with Gasteiger partial charge in [-0.25, -0.2) is 0 Å². The van der Waals surface area contributed by atoms with Crippen molar-refractivity contribution < 1.29 is 9.90 Å². The van der Waals surface area contributed by atoms with E-state index in [2.05, 4.69) is 49.5 Å². The minimum absolute atomic E-state index is 0.306. The monoisotopic (exact) mass is 449 g/mol. The van der Waals surface area contributed by atoms with E-state index < -0.39 is 5.97 Å². The van der Waals surface area contributed by atoms with E-state index in [0.29, 0.717) is 11.8 Å². The summed E-state index contributed by atoms with van der Waals surface area (Å²) in [5, 5.41) is 8.81. The fourth-order valence-electron chi connectivity index (χ4n) is 5.50. The van der Waals surface area contributed by atoms with Crippen LogP contribution in [-0.4, -0.2) is 16.1 Å². The molecule has 0 radical (unpaired) electrons. The summed E-state index contributed by atoms with van der Waals surface area (Å²) in [6.07, 6.45) is 20.7. The smallest absolute Gasteiger partial charge is 0.303 e. The first-order chi connectivity index (χ1) is 16.1. The number of aromatic nitrogens is 1. The van der Waals surface area contributed by atoms with E-state index >= 15 is 0 Å². The van der Waals surface area contributed by atoms with Crippen molar-refractivity contribution >= 4 is 5.97 Å². The van der Waals surface area contributed by atoms with Gasteiger partial charge in [-0.05, 0) is 61.1 Å². The zero-order valence-electron chi connectivity index (χ0n) is 20.7. The predicted octanol–water partition coefficient (Wildman–Crippen LogP) is 8.50.